The molecule has 5 heteroatoms. The molecule has 1 aliphatic heterocycles. The average molecular weight is 348 g/mol. The fourth-order valence-electron chi connectivity index (χ4n) is 2.51. The third-order valence-corrected chi connectivity index (χ3v) is 3.96. The third kappa shape index (κ3) is 3.41. The molecule has 1 N–H and O–H groups in total. The van der Waals surface area contributed by atoms with Gasteiger partial charge in [-0.15, -0.1) is 0 Å². The fraction of sp³-hybridized carbons (Fsp3) is 0.375. The SMILES string of the molecule is CCNc1nc(Cc2cccc(Br)c2)nc2c1COCC2. The number of rotatable bonds is 4. The van der Waals surface area contributed by atoms with Crippen LogP contribution in [-0.2, 0) is 24.2 Å². The number of hydrogen-bond donors (Lipinski definition) is 1. The molecular formula is C16H18BrN3O. The van der Waals surface area contributed by atoms with Gasteiger partial charge in [0.05, 0.1) is 18.9 Å². The minimum absolute atomic E-state index is 0.606. The van der Waals surface area contributed by atoms with E-state index in [0.29, 0.717) is 6.61 Å². The Balaban J connectivity index is 1.93. The average Bonchev–Trinajstić information content (AvgIpc) is 2.47. The van der Waals surface area contributed by atoms with Crippen LogP contribution in [0.2, 0.25) is 0 Å². The van der Waals surface area contributed by atoms with Crippen LogP contribution in [0, 0.1) is 0 Å². The van der Waals surface area contributed by atoms with Crippen LogP contribution in [0.5, 0.6) is 0 Å². The van der Waals surface area contributed by atoms with Gasteiger partial charge < -0.3 is 10.1 Å². The molecule has 110 valence electrons. The minimum atomic E-state index is 0.606. The molecule has 0 spiro atoms. The van der Waals surface area contributed by atoms with Crippen molar-refractivity contribution in [3.05, 3.63) is 51.4 Å². The second kappa shape index (κ2) is 6.54. The smallest absolute Gasteiger partial charge is 0.135 e. The number of ether oxygens (including phenoxy) is 1. The summed E-state index contributed by atoms with van der Waals surface area (Å²) in [6.07, 6.45) is 1.60. The zero-order chi connectivity index (χ0) is 14.7. The maximum Gasteiger partial charge on any atom is 0.135 e. The molecule has 0 amide bonds. The topological polar surface area (TPSA) is 47.0 Å². The summed E-state index contributed by atoms with van der Waals surface area (Å²) in [6.45, 7) is 4.27. The molecule has 1 aromatic carbocycles. The summed E-state index contributed by atoms with van der Waals surface area (Å²) in [5, 5.41) is 3.33. The normalized spacial score (nSPS) is 13.8. The van der Waals surface area contributed by atoms with Crippen molar-refractivity contribution in [2.45, 2.75) is 26.4 Å². The first kappa shape index (κ1) is 14.5. The van der Waals surface area contributed by atoms with Crippen molar-refractivity contribution >= 4 is 21.7 Å². The molecule has 3 rings (SSSR count). The molecule has 21 heavy (non-hydrogen) atoms. The van der Waals surface area contributed by atoms with Crippen LogP contribution in [0.1, 0.15) is 29.6 Å². The molecule has 0 saturated carbocycles. The van der Waals surface area contributed by atoms with E-state index >= 15 is 0 Å². The van der Waals surface area contributed by atoms with E-state index in [0.717, 1.165) is 53.4 Å². The Hall–Kier alpha value is -1.46. The predicted molar refractivity (Wildman–Crippen MR) is 86.5 cm³/mol. The van der Waals surface area contributed by atoms with Gasteiger partial charge in [0.1, 0.15) is 11.6 Å². The number of anilines is 1. The highest BCUT2D eigenvalue weighted by Crippen LogP contribution is 2.23. The molecule has 0 radical (unpaired) electrons. The van der Waals surface area contributed by atoms with Crippen LogP contribution >= 0.6 is 15.9 Å². The van der Waals surface area contributed by atoms with Crippen LogP contribution in [0.3, 0.4) is 0 Å². The van der Waals surface area contributed by atoms with Gasteiger partial charge in [0.15, 0.2) is 0 Å². The molecular weight excluding hydrogens is 330 g/mol. The van der Waals surface area contributed by atoms with Crippen LogP contribution < -0.4 is 5.32 Å². The molecule has 0 unspecified atom stereocenters. The van der Waals surface area contributed by atoms with E-state index in [9.17, 15) is 0 Å². The van der Waals surface area contributed by atoms with E-state index in [2.05, 4.69) is 45.3 Å². The Morgan fingerprint density at radius 1 is 1.33 bits per heavy atom. The van der Waals surface area contributed by atoms with Gasteiger partial charge in [-0.2, -0.15) is 0 Å². The lowest BCUT2D eigenvalue weighted by Gasteiger charge is -2.20. The standard InChI is InChI=1S/C16H18BrN3O/c1-2-18-16-13-10-21-7-6-14(13)19-15(20-16)9-11-4-3-5-12(17)8-11/h3-5,8H,2,6-7,9-10H2,1H3,(H,18,19,20). The van der Waals surface area contributed by atoms with Crippen molar-refractivity contribution in [1.82, 2.24) is 9.97 Å². The van der Waals surface area contributed by atoms with Gasteiger partial charge in [-0.25, -0.2) is 9.97 Å². The Labute approximate surface area is 133 Å². The number of nitrogens with zero attached hydrogens (tertiary/aromatic N) is 2. The van der Waals surface area contributed by atoms with E-state index in [4.69, 9.17) is 9.72 Å². The van der Waals surface area contributed by atoms with Crippen molar-refractivity contribution in [2.75, 3.05) is 18.5 Å². The lowest BCUT2D eigenvalue weighted by Crippen LogP contribution is -2.18. The largest absolute Gasteiger partial charge is 0.376 e. The lowest BCUT2D eigenvalue weighted by molar-refractivity contribution is 0.109. The number of hydrogen-bond acceptors (Lipinski definition) is 4. The number of halogens is 1. The molecule has 0 aliphatic carbocycles. The molecule has 2 aromatic rings. The van der Waals surface area contributed by atoms with Gasteiger partial charge in [-0.1, -0.05) is 28.1 Å². The summed E-state index contributed by atoms with van der Waals surface area (Å²) in [5.74, 6) is 1.79. The van der Waals surface area contributed by atoms with Gasteiger partial charge in [0, 0.05) is 29.4 Å². The lowest BCUT2D eigenvalue weighted by atomic mass is 10.1. The monoisotopic (exact) mass is 347 g/mol. The van der Waals surface area contributed by atoms with Crippen molar-refractivity contribution in [2.24, 2.45) is 0 Å². The highest BCUT2D eigenvalue weighted by Gasteiger charge is 2.18. The highest BCUT2D eigenvalue weighted by molar-refractivity contribution is 9.10. The molecule has 2 heterocycles. The van der Waals surface area contributed by atoms with Crippen LogP contribution in [0.15, 0.2) is 28.7 Å². The van der Waals surface area contributed by atoms with E-state index in [1.165, 1.54) is 5.56 Å². The maximum absolute atomic E-state index is 5.53. The zero-order valence-corrected chi connectivity index (χ0v) is 13.6. The molecule has 0 saturated heterocycles. The van der Waals surface area contributed by atoms with Gasteiger partial charge in [-0.3, -0.25) is 0 Å². The second-order valence-corrected chi connectivity index (χ2v) is 5.97. The Bertz CT molecular complexity index is 645. The first-order valence-electron chi connectivity index (χ1n) is 7.21. The van der Waals surface area contributed by atoms with Crippen LogP contribution in [-0.4, -0.2) is 23.1 Å². The van der Waals surface area contributed by atoms with Gasteiger partial charge >= 0.3 is 0 Å². The van der Waals surface area contributed by atoms with E-state index < -0.39 is 0 Å². The molecule has 0 atom stereocenters. The van der Waals surface area contributed by atoms with E-state index in [1.807, 2.05) is 12.1 Å². The number of nitrogens with one attached hydrogen (secondary N) is 1. The molecule has 1 aromatic heterocycles. The summed E-state index contributed by atoms with van der Waals surface area (Å²) in [4.78, 5) is 9.42. The van der Waals surface area contributed by atoms with Crippen molar-refractivity contribution in [3.8, 4) is 0 Å². The molecule has 4 nitrogen and oxygen atoms in total. The summed E-state index contributed by atoms with van der Waals surface area (Å²) in [5.41, 5.74) is 3.44. The molecule has 0 fully saturated rings. The Morgan fingerprint density at radius 3 is 3.05 bits per heavy atom. The van der Waals surface area contributed by atoms with E-state index in [-0.39, 0.29) is 0 Å². The van der Waals surface area contributed by atoms with Crippen molar-refractivity contribution < 1.29 is 4.74 Å². The maximum atomic E-state index is 5.53. The van der Waals surface area contributed by atoms with Crippen LogP contribution in [0.25, 0.3) is 0 Å². The first-order chi connectivity index (χ1) is 10.3. The first-order valence-corrected chi connectivity index (χ1v) is 8.00. The third-order valence-electron chi connectivity index (χ3n) is 3.46. The van der Waals surface area contributed by atoms with Crippen molar-refractivity contribution in [3.63, 3.8) is 0 Å². The van der Waals surface area contributed by atoms with Gasteiger partial charge in [0.2, 0.25) is 0 Å². The minimum Gasteiger partial charge on any atom is -0.376 e. The summed E-state index contributed by atoms with van der Waals surface area (Å²) in [7, 11) is 0. The fourth-order valence-corrected chi connectivity index (χ4v) is 2.95. The molecule has 1 aliphatic rings. The second-order valence-electron chi connectivity index (χ2n) is 5.05. The number of fused-ring (bicyclic) bond motifs is 1. The quantitative estimate of drug-likeness (QED) is 0.921. The Kier molecular flexibility index (Phi) is 4.51. The highest BCUT2D eigenvalue weighted by atomic mass is 79.9. The predicted octanol–water partition coefficient (Wildman–Crippen LogP) is 3.33. The molecule has 0 bridgehead atoms. The van der Waals surface area contributed by atoms with Crippen LogP contribution in [0.4, 0.5) is 5.82 Å². The van der Waals surface area contributed by atoms with Gasteiger partial charge in [0.25, 0.3) is 0 Å². The summed E-state index contributed by atoms with van der Waals surface area (Å²) >= 11 is 3.51. The number of aromatic nitrogens is 2. The zero-order valence-electron chi connectivity index (χ0n) is 12.0. The Morgan fingerprint density at radius 2 is 2.24 bits per heavy atom. The van der Waals surface area contributed by atoms with E-state index in [1.54, 1.807) is 0 Å². The summed E-state index contributed by atoms with van der Waals surface area (Å²) < 4.78 is 6.61. The van der Waals surface area contributed by atoms with Gasteiger partial charge in [-0.05, 0) is 24.6 Å². The summed E-state index contributed by atoms with van der Waals surface area (Å²) in [6, 6.07) is 8.28. The number of benzene rings is 1. The van der Waals surface area contributed by atoms with Crippen molar-refractivity contribution in [1.29, 1.82) is 0 Å².